The maximum Gasteiger partial charge on any atom is 0.414 e. The van der Waals surface area contributed by atoms with Crippen molar-refractivity contribution in [2.45, 2.75) is 17.4 Å². The smallest absolute Gasteiger partial charge is 0.414 e. The minimum Gasteiger partial charge on any atom is -0.610 e. The Balaban J connectivity index is 1.76. The van der Waals surface area contributed by atoms with Gasteiger partial charge in [-0.3, -0.25) is 9.69 Å². The SMILES string of the molecule is CC(=O)NC[C@H]1CN(c2ccc(-c3nnc([S+](C)[O-])s3)c(F)c2)C(=O)O1. The number of amides is 2. The summed E-state index contributed by atoms with van der Waals surface area (Å²) in [5.41, 5.74) is 0.552. The summed E-state index contributed by atoms with van der Waals surface area (Å²) >= 11 is -0.237. The minimum absolute atomic E-state index is 0.194. The highest BCUT2D eigenvalue weighted by Crippen LogP contribution is 2.31. The second-order valence-electron chi connectivity index (χ2n) is 5.54. The quantitative estimate of drug-likeness (QED) is 0.766. The van der Waals surface area contributed by atoms with E-state index in [-0.39, 0.29) is 24.6 Å². The van der Waals surface area contributed by atoms with Crippen LogP contribution in [0.25, 0.3) is 10.6 Å². The van der Waals surface area contributed by atoms with Gasteiger partial charge >= 0.3 is 10.4 Å². The van der Waals surface area contributed by atoms with Gasteiger partial charge in [0, 0.05) is 23.7 Å². The first-order chi connectivity index (χ1) is 12.3. The predicted molar refractivity (Wildman–Crippen MR) is 93.9 cm³/mol. The second-order valence-corrected chi connectivity index (χ2v) is 8.08. The Kier molecular flexibility index (Phi) is 5.39. The van der Waals surface area contributed by atoms with E-state index in [2.05, 4.69) is 15.5 Å². The maximum absolute atomic E-state index is 14.5. The molecule has 1 saturated heterocycles. The van der Waals surface area contributed by atoms with E-state index >= 15 is 0 Å². The molecule has 1 aromatic heterocycles. The van der Waals surface area contributed by atoms with Crippen molar-refractivity contribution in [3.05, 3.63) is 24.0 Å². The first-order valence-electron chi connectivity index (χ1n) is 7.54. The van der Waals surface area contributed by atoms with E-state index in [9.17, 15) is 18.5 Å². The number of nitrogens with one attached hydrogen (secondary N) is 1. The van der Waals surface area contributed by atoms with Gasteiger partial charge in [0.2, 0.25) is 5.91 Å². The van der Waals surface area contributed by atoms with Gasteiger partial charge in [0.25, 0.3) is 0 Å². The van der Waals surface area contributed by atoms with Crippen LogP contribution in [0.15, 0.2) is 22.5 Å². The van der Waals surface area contributed by atoms with Gasteiger partial charge in [-0.15, -0.1) is 5.10 Å². The normalized spacial score (nSPS) is 17.9. The van der Waals surface area contributed by atoms with Crippen LogP contribution >= 0.6 is 11.3 Å². The molecular formula is C15H15FN4O4S2. The molecule has 1 unspecified atom stereocenters. The second kappa shape index (κ2) is 7.56. The number of halogens is 1. The average Bonchev–Trinajstić information content (AvgIpc) is 3.20. The van der Waals surface area contributed by atoms with Gasteiger partial charge in [-0.25, -0.2) is 9.18 Å². The van der Waals surface area contributed by atoms with Gasteiger partial charge in [0.15, 0.2) is 5.01 Å². The molecular weight excluding hydrogens is 383 g/mol. The molecule has 1 N–H and O–H groups in total. The molecule has 0 radical (unpaired) electrons. The van der Waals surface area contributed by atoms with E-state index in [1.165, 1.54) is 30.2 Å². The summed E-state index contributed by atoms with van der Waals surface area (Å²) < 4.78 is 31.4. The number of nitrogens with zero attached hydrogens (tertiary/aromatic N) is 3. The molecule has 0 spiro atoms. The third kappa shape index (κ3) is 3.94. The number of benzene rings is 1. The Morgan fingerprint density at radius 1 is 1.54 bits per heavy atom. The highest BCUT2D eigenvalue weighted by Gasteiger charge is 2.33. The van der Waals surface area contributed by atoms with Crippen LogP contribution in [-0.2, 0) is 20.7 Å². The van der Waals surface area contributed by atoms with Crippen molar-refractivity contribution in [2.24, 2.45) is 0 Å². The molecule has 0 aliphatic carbocycles. The molecule has 26 heavy (non-hydrogen) atoms. The lowest BCUT2D eigenvalue weighted by Crippen LogP contribution is -2.33. The molecule has 1 aliphatic rings. The van der Waals surface area contributed by atoms with Crippen LogP contribution in [-0.4, -0.2) is 52.2 Å². The summed E-state index contributed by atoms with van der Waals surface area (Å²) in [6, 6.07) is 4.27. The third-order valence-corrected chi connectivity index (χ3v) is 5.88. The van der Waals surface area contributed by atoms with Crippen molar-refractivity contribution < 1.29 is 23.3 Å². The predicted octanol–water partition coefficient (Wildman–Crippen LogP) is 1.54. The van der Waals surface area contributed by atoms with Gasteiger partial charge in [0.05, 0.1) is 18.8 Å². The van der Waals surface area contributed by atoms with Gasteiger partial charge < -0.3 is 14.6 Å². The molecule has 8 nitrogen and oxygen atoms in total. The molecule has 0 bridgehead atoms. The van der Waals surface area contributed by atoms with Gasteiger partial charge in [-0.05, 0) is 29.5 Å². The zero-order valence-electron chi connectivity index (χ0n) is 13.9. The average molecular weight is 398 g/mol. The van der Waals surface area contributed by atoms with Gasteiger partial charge in [-0.1, -0.05) is 5.10 Å². The number of hydrogen-bond acceptors (Lipinski definition) is 7. The number of carbonyl (C=O) groups excluding carboxylic acids is 2. The summed E-state index contributed by atoms with van der Waals surface area (Å²) in [5.74, 6) is -0.801. The van der Waals surface area contributed by atoms with Crippen LogP contribution in [0.2, 0.25) is 0 Å². The zero-order chi connectivity index (χ0) is 18.8. The standard InChI is InChI=1S/C15H15FN4O4S2/c1-8(21)17-6-10-7-20(15(22)24-10)9-3-4-11(12(16)5-9)13-18-19-14(25-13)26(2)23/h3-5,10H,6-7H2,1-2H3,(H,17,21)/t10-,26?/m0/s1. The molecule has 1 aliphatic heterocycles. The number of anilines is 1. The van der Waals surface area contributed by atoms with Crippen LogP contribution in [0.1, 0.15) is 6.92 Å². The number of rotatable bonds is 5. The highest BCUT2D eigenvalue weighted by atomic mass is 32.2. The van der Waals surface area contributed by atoms with E-state index in [0.29, 0.717) is 15.0 Å². The summed E-state index contributed by atoms with van der Waals surface area (Å²) in [6.45, 7) is 1.77. The van der Waals surface area contributed by atoms with E-state index in [4.69, 9.17) is 4.74 Å². The van der Waals surface area contributed by atoms with Crippen molar-refractivity contribution in [2.75, 3.05) is 24.2 Å². The number of ether oxygens (including phenoxy) is 1. The van der Waals surface area contributed by atoms with Crippen LogP contribution in [0.4, 0.5) is 14.9 Å². The molecule has 2 amide bonds. The summed E-state index contributed by atoms with van der Waals surface area (Å²) in [7, 11) is 0. The minimum atomic E-state index is -1.29. The van der Waals surface area contributed by atoms with Crippen molar-refractivity contribution in [1.82, 2.24) is 15.5 Å². The Hall–Kier alpha value is -2.24. The van der Waals surface area contributed by atoms with E-state index < -0.39 is 29.2 Å². The largest absolute Gasteiger partial charge is 0.610 e. The number of cyclic esters (lactones) is 1. The van der Waals surface area contributed by atoms with Gasteiger partial charge in [-0.2, -0.15) is 0 Å². The number of hydrogen-bond donors (Lipinski definition) is 1. The fraction of sp³-hybridized carbons (Fsp3) is 0.333. The Morgan fingerprint density at radius 3 is 2.92 bits per heavy atom. The van der Waals surface area contributed by atoms with Crippen LogP contribution in [0, 0.1) is 5.82 Å². The molecule has 2 aromatic rings. The number of aromatic nitrogens is 2. The van der Waals surface area contributed by atoms with Crippen LogP contribution in [0.5, 0.6) is 0 Å². The number of carbonyl (C=O) groups is 2. The van der Waals surface area contributed by atoms with Crippen molar-refractivity contribution in [3.8, 4) is 10.6 Å². The lowest BCUT2D eigenvalue weighted by molar-refractivity contribution is -0.119. The van der Waals surface area contributed by atoms with Crippen molar-refractivity contribution in [3.63, 3.8) is 0 Å². The molecule has 1 fully saturated rings. The lowest BCUT2D eigenvalue weighted by Gasteiger charge is -2.14. The Morgan fingerprint density at radius 2 is 2.31 bits per heavy atom. The molecule has 138 valence electrons. The third-order valence-electron chi connectivity index (χ3n) is 3.60. The molecule has 0 saturated carbocycles. The summed E-state index contributed by atoms with van der Waals surface area (Å²) in [4.78, 5) is 24.2. The molecule has 1 aromatic carbocycles. The molecule has 2 atom stereocenters. The highest BCUT2D eigenvalue weighted by molar-refractivity contribution is 7.92. The first-order valence-corrected chi connectivity index (χ1v) is 9.92. The molecule has 2 heterocycles. The molecule has 3 rings (SSSR count). The monoisotopic (exact) mass is 398 g/mol. The summed E-state index contributed by atoms with van der Waals surface area (Å²) in [6.07, 6.45) is 0.367. The first kappa shape index (κ1) is 18.5. The van der Waals surface area contributed by atoms with Crippen molar-refractivity contribution in [1.29, 1.82) is 0 Å². The Bertz CT molecular complexity index is 845. The fourth-order valence-corrected chi connectivity index (χ4v) is 3.84. The lowest BCUT2D eigenvalue weighted by atomic mass is 10.2. The van der Waals surface area contributed by atoms with Crippen molar-refractivity contribution >= 4 is 40.2 Å². The van der Waals surface area contributed by atoms with Gasteiger partial charge in [0.1, 0.15) is 18.2 Å². The fourth-order valence-electron chi connectivity index (χ4n) is 2.38. The van der Waals surface area contributed by atoms with E-state index in [1.54, 1.807) is 6.07 Å². The summed E-state index contributed by atoms with van der Waals surface area (Å²) in [5, 5.41) is 10.5. The Labute approximate surface area is 155 Å². The molecule has 11 heteroatoms. The van der Waals surface area contributed by atoms with Crippen LogP contribution < -0.4 is 10.2 Å². The van der Waals surface area contributed by atoms with Crippen LogP contribution in [0.3, 0.4) is 0 Å². The van der Waals surface area contributed by atoms with E-state index in [0.717, 1.165) is 11.3 Å². The topological polar surface area (TPSA) is 107 Å². The zero-order valence-corrected chi connectivity index (χ0v) is 15.5. The maximum atomic E-state index is 14.5. The van der Waals surface area contributed by atoms with E-state index in [1.807, 2.05) is 0 Å².